The van der Waals surface area contributed by atoms with Crippen LogP contribution in [0, 0.1) is 0 Å². The first-order valence-electron chi connectivity index (χ1n) is 10.1. The maximum Gasteiger partial charge on any atom is 0.433 e. The van der Waals surface area contributed by atoms with Crippen LogP contribution in [0.15, 0.2) is 65.3 Å². The molecule has 0 radical (unpaired) electrons. The highest BCUT2D eigenvalue weighted by Crippen LogP contribution is 2.32. The highest BCUT2D eigenvalue weighted by atomic mass is 19.4. The zero-order valence-electron chi connectivity index (χ0n) is 17.5. The molecule has 9 heteroatoms. The van der Waals surface area contributed by atoms with E-state index in [1.807, 2.05) is 13.0 Å². The number of aryl methyl sites for hydroxylation is 1. The van der Waals surface area contributed by atoms with Crippen LogP contribution in [0.4, 0.5) is 13.2 Å². The van der Waals surface area contributed by atoms with Gasteiger partial charge in [0.25, 0.3) is 5.91 Å². The van der Waals surface area contributed by atoms with Crippen molar-refractivity contribution in [2.45, 2.75) is 32.0 Å². The first-order valence-corrected chi connectivity index (χ1v) is 10.1. The fraction of sp³-hybridized carbons (Fsp3) is 0.261. The third-order valence-electron chi connectivity index (χ3n) is 5.38. The molecule has 0 saturated carbocycles. The summed E-state index contributed by atoms with van der Waals surface area (Å²) in [7, 11) is 1.60. The fourth-order valence-corrected chi connectivity index (χ4v) is 3.42. The number of aromatic nitrogens is 3. The summed E-state index contributed by atoms with van der Waals surface area (Å²) in [5.74, 6) is 0.328. The maximum absolute atomic E-state index is 13.8. The SMILES string of the molecule is CC(CCc1ccco1)N(C)C(=O)c1cc2nc(-c3ccccc3)cc(C(F)(F)F)n2n1. The molecular formula is C23H21F3N4O2. The van der Waals surface area contributed by atoms with E-state index >= 15 is 0 Å². The molecule has 0 fully saturated rings. The van der Waals surface area contributed by atoms with Gasteiger partial charge in [0.2, 0.25) is 0 Å². The van der Waals surface area contributed by atoms with Crippen molar-refractivity contribution in [3.8, 4) is 11.3 Å². The third kappa shape index (κ3) is 4.37. The topological polar surface area (TPSA) is 63.6 Å². The van der Waals surface area contributed by atoms with E-state index in [9.17, 15) is 18.0 Å². The molecule has 1 atom stereocenters. The van der Waals surface area contributed by atoms with E-state index in [0.29, 0.717) is 22.9 Å². The molecule has 0 saturated heterocycles. The molecule has 3 heterocycles. The van der Waals surface area contributed by atoms with Crippen molar-refractivity contribution >= 4 is 11.6 Å². The van der Waals surface area contributed by atoms with Crippen molar-refractivity contribution in [1.29, 1.82) is 0 Å². The quantitative estimate of drug-likeness (QED) is 0.417. The van der Waals surface area contributed by atoms with Crippen molar-refractivity contribution in [3.63, 3.8) is 0 Å². The number of furan rings is 1. The molecule has 32 heavy (non-hydrogen) atoms. The average molecular weight is 442 g/mol. The number of carbonyl (C=O) groups excluding carboxylic acids is 1. The van der Waals surface area contributed by atoms with Crippen LogP contribution in [0.5, 0.6) is 0 Å². The Morgan fingerprint density at radius 2 is 1.91 bits per heavy atom. The number of carbonyl (C=O) groups is 1. The Morgan fingerprint density at radius 3 is 2.56 bits per heavy atom. The van der Waals surface area contributed by atoms with Crippen LogP contribution in [-0.2, 0) is 12.6 Å². The van der Waals surface area contributed by atoms with Crippen LogP contribution in [-0.4, -0.2) is 38.5 Å². The predicted molar refractivity (Wildman–Crippen MR) is 112 cm³/mol. The Labute approximate surface area is 182 Å². The second-order valence-electron chi connectivity index (χ2n) is 7.57. The lowest BCUT2D eigenvalue weighted by Gasteiger charge is -2.23. The third-order valence-corrected chi connectivity index (χ3v) is 5.38. The Kier molecular flexibility index (Phi) is 5.73. The minimum atomic E-state index is -4.67. The fourth-order valence-electron chi connectivity index (χ4n) is 3.42. The van der Waals surface area contributed by atoms with Crippen molar-refractivity contribution in [3.05, 3.63) is 78.0 Å². The molecule has 0 aliphatic carbocycles. The van der Waals surface area contributed by atoms with Gasteiger partial charge in [-0.2, -0.15) is 18.3 Å². The molecule has 0 N–H and O–H groups in total. The summed E-state index contributed by atoms with van der Waals surface area (Å²) in [5, 5.41) is 3.95. The van der Waals surface area contributed by atoms with Gasteiger partial charge in [-0.05, 0) is 31.5 Å². The zero-order valence-corrected chi connectivity index (χ0v) is 17.5. The number of halogens is 3. The van der Waals surface area contributed by atoms with Crippen molar-refractivity contribution in [1.82, 2.24) is 19.5 Å². The lowest BCUT2D eigenvalue weighted by Crippen LogP contribution is -2.35. The van der Waals surface area contributed by atoms with E-state index in [2.05, 4.69) is 10.1 Å². The minimum Gasteiger partial charge on any atom is -0.469 e. The summed E-state index contributed by atoms with van der Waals surface area (Å²) in [6, 6.07) is 14.3. The average Bonchev–Trinajstić information content (AvgIpc) is 3.45. The van der Waals surface area contributed by atoms with E-state index in [4.69, 9.17) is 4.42 Å². The van der Waals surface area contributed by atoms with Crippen LogP contribution in [0.3, 0.4) is 0 Å². The Hall–Kier alpha value is -3.62. The number of fused-ring (bicyclic) bond motifs is 1. The molecule has 0 aliphatic rings. The smallest absolute Gasteiger partial charge is 0.433 e. The van der Waals surface area contributed by atoms with Crippen LogP contribution in [0.2, 0.25) is 0 Å². The van der Waals surface area contributed by atoms with Crippen LogP contribution in [0.1, 0.15) is 35.3 Å². The Morgan fingerprint density at radius 1 is 1.16 bits per heavy atom. The van der Waals surface area contributed by atoms with Gasteiger partial charge in [0, 0.05) is 31.1 Å². The summed E-state index contributed by atoms with van der Waals surface area (Å²) < 4.78 is 47.2. The summed E-state index contributed by atoms with van der Waals surface area (Å²) in [5.41, 5.74) is -0.434. The molecule has 0 spiro atoms. The van der Waals surface area contributed by atoms with Gasteiger partial charge in [-0.1, -0.05) is 30.3 Å². The van der Waals surface area contributed by atoms with E-state index < -0.39 is 17.8 Å². The van der Waals surface area contributed by atoms with E-state index in [0.717, 1.165) is 11.8 Å². The lowest BCUT2D eigenvalue weighted by atomic mass is 10.1. The van der Waals surface area contributed by atoms with Crippen molar-refractivity contribution < 1.29 is 22.4 Å². The number of amides is 1. The number of hydrogen-bond donors (Lipinski definition) is 0. The number of alkyl halides is 3. The van der Waals surface area contributed by atoms with Gasteiger partial charge in [-0.25, -0.2) is 9.50 Å². The second kappa shape index (κ2) is 8.49. The first kappa shape index (κ1) is 21.6. The van der Waals surface area contributed by atoms with Crippen LogP contribution >= 0.6 is 0 Å². The normalized spacial score (nSPS) is 12.8. The van der Waals surface area contributed by atoms with Gasteiger partial charge in [-0.15, -0.1) is 0 Å². The molecular weight excluding hydrogens is 421 g/mol. The van der Waals surface area contributed by atoms with E-state index in [1.54, 1.807) is 49.7 Å². The monoisotopic (exact) mass is 442 g/mol. The van der Waals surface area contributed by atoms with Crippen LogP contribution in [0.25, 0.3) is 16.9 Å². The molecule has 0 aliphatic heterocycles. The maximum atomic E-state index is 13.8. The van der Waals surface area contributed by atoms with Gasteiger partial charge in [0.15, 0.2) is 17.0 Å². The standard InChI is InChI=1S/C23H21F3N4O2/c1-15(10-11-17-9-6-12-32-17)29(2)22(31)19-14-21-27-18(16-7-4-3-5-8-16)13-20(23(24,25)26)30(21)28-19/h3-9,12-15H,10-11H2,1-2H3. The summed E-state index contributed by atoms with van der Waals surface area (Å²) in [6.07, 6.45) is -1.82. The molecule has 6 nitrogen and oxygen atoms in total. The van der Waals surface area contributed by atoms with Gasteiger partial charge < -0.3 is 9.32 Å². The Bertz CT molecular complexity index is 1220. The summed E-state index contributed by atoms with van der Waals surface area (Å²) in [6.45, 7) is 1.86. The highest BCUT2D eigenvalue weighted by molar-refractivity contribution is 5.93. The molecule has 1 aromatic carbocycles. The van der Waals surface area contributed by atoms with Gasteiger partial charge in [0.05, 0.1) is 12.0 Å². The zero-order chi connectivity index (χ0) is 22.9. The van der Waals surface area contributed by atoms with Crippen molar-refractivity contribution in [2.75, 3.05) is 7.05 Å². The number of nitrogens with zero attached hydrogens (tertiary/aromatic N) is 4. The molecule has 0 bridgehead atoms. The van der Waals surface area contributed by atoms with Crippen LogP contribution < -0.4 is 0 Å². The molecule has 4 rings (SSSR count). The van der Waals surface area contributed by atoms with Gasteiger partial charge in [-0.3, -0.25) is 4.79 Å². The number of hydrogen-bond acceptors (Lipinski definition) is 4. The van der Waals surface area contributed by atoms with Gasteiger partial charge in [0.1, 0.15) is 5.76 Å². The first-order chi connectivity index (χ1) is 15.2. The number of benzene rings is 1. The molecule has 1 unspecified atom stereocenters. The largest absolute Gasteiger partial charge is 0.469 e. The van der Waals surface area contributed by atoms with Gasteiger partial charge >= 0.3 is 6.18 Å². The molecule has 166 valence electrons. The number of rotatable bonds is 6. The molecule has 1 amide bonds. The molecule has 4 aromatic rings. The van der Waals surface area contributed by atoms with Crippen molar-refractivity contribution in [2.24, 2.45) is 0 Å². The minimum absolute atomic E-state index is 0.0429. The predicted octanol–water partition coefficient (Wildman–Crippen LogP) is 5.10. The Balaban J connectivity index is 1.65. The lowest BCUT2D eigenvalue weighted by molar-refractivity contribution is -0.142. The van der Waals surface area contributed by atoms with E-state index in [1.165, 1.54) is 11.0 Å². The summed E-state index contributed by atoms with van der Waals surface area (Å²) >= 11 is 0. The second-order valence-corrected chi connectivity index (χ2v) is 7.57. The molecule has 3 aromatic heterocycles. The highest BCUT2D eigenvalue weighted by Gasteiger charge is 2.36. The van der Waals surface area contributed by atoms with E-state index in [-0.39, 0.29) is 23.1 Å². The summed E-state index contributed by atoms with van der Waals surface area (Å²) in [4.78, 5) is 18.7.